The number of hydrogen-bond acceptors (Lipinski definition) is 3. The Bertz CT molecular complexity index is 467. The van der Waals surface area contributed by atoms with Crippen molar-refractivity contribution < 1.29 is 9.53 Å². The minimum Gasteiger partial charge on any atom is -0.389 e. The predicted octanol–water partition coefficient (Wildman–Crippen LogP) is 1.71. The second kappa shape index (κ2) is 6.12. The Hall–Kier alpha value is -1.46. The highest BCUT2D eigenvalue weighted by Gasteiger charge is 2.25. The fraction of sp³-hybridized carbons (Fsp3) is 0.429. The van der Waals surface area contributed by atoms with Crippen molar-refractivity contribution in [1.82, 2.24) is 0 Å². The lowest BCUT2D eigenvalue weighted by atomic mass is 10.0. The Balaban J connectivity index is 2.07. The fourth-order valence-electron chi connectivity index (χ4n) is 2.19. The molecule has 0 aromatic heterocycles. The minimum atomic E-state index is -0.0333. The lowest BCUT2D eigenvalue weighted by Crippen LogP contribution is -2.37. The molecule has 19 heavy (non-hydrogen) atoms. The number of nitrogens with two attached hydrogens (primary N) is 1. The van der Waals surface area contributed by atoms with Gasteiger partial charge in [-0.15, -0.1) is 0 Å². The molecule has 0 bridgehead atoms. The maximum absolute atomic E-state index is 12.3. The van der Waals surface area contributed by atoms with Crippen LogP contribution in [0.5, 0.6) is 0 Å². The van der Waals surface area contributed by atoms with E-state index in [1.807, 2.05) is 24.3 Å². The topological polar surface area (TPSA) is 55.6 Å². The summed E-state index contributed by atoms with van der Waals surface area (Å²) in [6, 6.07) is 7.38. The quantitative estimate of drug-likeness (QED) is 0.855. The van der Waals surface area contributed by atoms with Gasteiger partial charge in [0.1, 0.15) is 4.99 Å². The number of thiocarbonyl (C=S) groups is 1. The van der Waals surface area contributed by atoms with Crippen molar-refractivity contribution >= 4 is 28.8 Å². The van der Waals surface area contributed by atoms with Gasteiger partial charge in [-0.25, -0.2) is 0 Å². The predicted molar refractivity (Wildman–Crippen MR) is 79.3 cm³/mol. The number of ether oxygens (including phenoxy) is 1. The fourth-order valence-corrected chi connectivity index (χ4v) is 2.32. The summed E-state index contributed by atoms with van der Waals surface area (Å²) in [6.45, 7) is 1.28. The molecule has 4 nitrogen and oxygen atoms in total. The number of hydrogen-bond donors (Lipinski definition) is 1. The summed E-state index contributed by atoms with van der Waals surface area (Å²) in [5.74, 6) is 0.0665. The summed E-state index contributed by atoms with van der Waals surface area (Å²) in [4.78, 5) is 14.3. The summed E-state index contributed by atoms with van der Waals surface area (Å²) < 4.78 is 5.36. The van der Waals surface area contributed by atoms with Crippen LogP contribution < -0.4 is 10.6 Å². The van der Waals surface area contributed by atoms with E-state index >= 15 is 0 Å². The van der Waals surface area contributed by atoms with Crippen LogP contribution in [0, 0.1) is 5.92 Å². The zero-order valence-corrected chi connectivity index (χ0v) is 11.8. The Labute approximate surface area is 118 Å². The third kappa shape index (κ3) is 3.30. The number of carbonyl (C=O) groups is 1. The van der Waals surface area contributed by atoms with Crippen molar-refractivity contribution in [3.63, 3.8) is 0 Å². The molecule has 0 radical (unpaired) electrons. The van der Waals surface area contributed by atoms with Crippen LogP contribution in [0.15, 0.2) is 24.3 Å². The van der Waals surface area contributed by atoms with E-state index in [0.717, 1.165) is 30.7 Å². The van der Waals surface area contributed by atoms with Gasteiger partial charge in [-0.2, -0.15) is 0 Å². The normalized spacial score (nSPS) is 18.9. The van der Waals surface area contributed by atoms with Crippen molar-refractivity contribution in [2.24, 2.45) is 11.7 Å². The van der Waals surface area contributed by atoms with Crippen molar-refractivity contribution in [2.75, 3.05) is 25.2 Å². The van der Waals surface area contributed by atoms with Gasteiger partial charge in [0, 0.05) is 24.9 Å². The van der Waals surface area contributed by atoms with E-state index in [4.69, 9.17) is 22.7 Å². The van der Waals surface area contributed by atoms with E-state index in [1.54, 1.807) is 11.9 Å². The molecule has 1 saturated heterocycles. The van der Waals surface area contributed by atoms with Crippen molar-refractivity contribution in [3.8, 4) is 0 Å². The standard InChI is InChI=1S/C14H18N2O2S/c1-16(14(17)11-3-2-8-18-9-11)12-6-4-10(5-7-12)13(15)19/h4-7,11H,2-3,8-9H2,1H3,(H2,15,19). The van der Waals surface area contributed by atoms with Crippen LogP contribution in [0.25, 0.3) is 0 Å². The van der Waals surface area contributed by atoms with Crippen LogP contribution in [0.2, 0.25) is 0 Å². The first kappa shape index (κ1) is 14.0. The summed E-state index contributed by atoms with van der Waals surface area (Å²) in [7, 11) is 1.78. The van der Waals surface area contributed by atoms with Crippen LogP contribution in [-0.4, -0.2) is 31.2 Å². The molecule has 1 fully saturated rings. The van der Waals surface area contributed by atoms with E-state index in [2.05, 4.69) is 0 Å². The summed E-state index contributed by atoms with van der Waals surface area (Å²) >= 11 is 4.91. The van der Waals surface area contributed by atoms with E-state index in [0.29, 0.717) is 11.6 Å². The minimum absolute atomic E-state index is 0.0333. The van der Waals surface area contributed by atoms with Gasteiger partial charge in [-0.1, -0.05) is 12.2 Å². The highest BCUT2D eigenvalue weighted by molar-refractivity contribution is 7.80. The Morgan fingerprint density at radius 3 is 2.63 bits per heavy atom. The molecule has 1 unspecified atom stereocenters. The maximum Gasteiger partial charge on any atom is 0.232 e. The third-order valence-electron chi connectivity index (χ3n) is 3.38. The van der Waals surface area contributed by atoms with Gasteiger partial charge in [-0.05, 0) is 37.1 Å². The maximum atomic E-state index is 12.3. The Kier molecular flexibility index (Phi) is 4.50. The molecule has 1 amide bonds. The lowest BCUT2D eigenvalue weighted by Gasteiger charge is -2.26. The Morgan fingerprint density at radius 2 is 2.11 bits per heavy atom. The molecule has 2 N–H and O–H groups in total. The van der Waals surface area contributed by atoms with Gasteiger partial charge in [0.05, 0.1) is 12.5 Å². The zero-order chi connectivity index (χ0) is 13.8. The molecule has 2 rings (SSSR count). The van der Waals surface area contributed by atoms with Crippen LogP contribution in [0.1, 0.15) is 18.4 Å². The zero-order valence-electron chi connectivity index (χ0n) is 11.0. The molecule has 5 heteroatoms. The molecule has 1 atom stereocenters. The number of amides is 1. The second-order valence-electron chi connectivity index (χ2n) is 4.72. The molecule has 1 heterocycles. The highest BCUT2D eigenvalue weighted by Crippen LogP contribution is 2.20. The second-order valence-corrected chi connectivity index (χ2v) is 5.16. The van der Waals surface area contributed by atoms with E-state index < -0.39 is 0 Å². The Morgan fingerprint density at radius 1 is 1.42 bits per heavy atom. The molecular weight excluding hydrogens is 260 g/mol. The average Bonchev–Trinajstić information content (AvgIpc) is 2.46. The summed E-state index contributed by atoms with van der Waals surface area (Å²) in [6.07, 6.45) is 1.85. The number of rotatable bonds is 3. The van der Waals surface area contributed by atoms with Crippen LogP contribution >= 0.6 is 12.2 Å². The average molecular weight is 278 g/mol. The van der Waals surface area contributed by atoms with E-state index in [-0.39, 0.29) is 11.8 Å². The molecule has 0 aliphatic carbocycles. The first-order valence-corrected chi connectivity index (χ1v) is 6.75. The first-order chi connectivity index (χ1) is 9.09. The highest BCUT2D eigenvalue weighted by atomic mass is 32.1. The molecule has 1 aliphatic heterocycles. The van der Waals surface area contributed by atoms with Gasteiger partial charge in [0.15, 0.2) is 0 Å². The summed E-state index contributed by atoms with van der Waals surface area (Å²) in [5, 5.41) is 0. The number of benzene rings is 1. The van der Waals surface area contributed by atoms with Crippen molar-refractivity contribution in [2.45, 2.75) is 12.8 Å². The SMILES string of the molecule is CN(C(=O)C1CCCOC1)c1ccc(C(N)=S)cc1. The van der Waals surface area contributed by atoms with E-state index in [1.165, 1.54) is 0 Å². The van der Waals surface area contributed by atoms with Gasteiger partial charge < -0.3 is 15.4 Å². The monoisotopic (exact) mass is 278 g/mol. The van der Waals surface area contributed by atoms with E-state index in [9.17, 15) is 4.79 Å². The van der Waals surface area contributed by atoms with Crippen LogP contribution in [-0.2, 0) is 9.53 Å². The molecule has 1 aromatic rings. The van der Waals surface area contributed by atoms with Crippen molar-refractivity contribution in [1.29, 1.82) is 0 Å². The number of carbonyl (C=O) groups excluding carboxylic acids is 1. The molecule has 0 saturated carbocycles. The van der Waals surface area contributed by atoms with Gasteiger partial charge in [0.2, 0.25) is 5.91 Å². The molecule has 1 aromatic carbocycles. The largest absolute Gasteiger partial charge is 0.389 e. The lowest BCUT2D eigenvalue weighted by molar-refractivity contribution is -0.125. The number of nitrogens with zero attached hydrogens (tertiary/aromatic N) is 1. The molecule has 1 aliphatic rings. The van der Waals surface area contributed by atoms with Gasteiger partial charge in [0.25, 0.3) is 0 Å². The van der Waals surface area contributed by atoms with Crippen molar-refractivity contribution in [3.05, 3.63) is 29.8 Å². The van der Waals surface area contributed by atoms with Crippen LogP contribution in [0.3, 0.4) is 0 Å². The molecule has 102 valence electrons. The van der Waals surface area contributed by atoms with Crippen LogP contribution in [0.4, 0.5) is 5.69 Å². The van der Waals surface area contributed by atoms with Gasteiger partial charge >= 0.3 is 0 Å². The van der Waals surface area contributed by atoms with Gasteiger partial charge in [-0.3, -0.25) is 4.79 Å². The summed E-state index contributed by atoms with van der Waals surface area (Å²) in [5.41, 5.74) is 7.20. The molecule has 0 spiro atoms. The number of anilines is 1. The smallest absolute Gasteiger partial charge is 0.232 e. The third-order valence-corrected chi connectivity index (χ3v) is 3.61. The molecular formula is C14H18N2O2S. The first-order valence-electron chi connectivity index (χ1n) is 6.35.